The Morgan fingerprint density at radius 2 is 1.87 bits per heavy atom. The zero-order valence-corrected chi connectivity index (χ0v) is 19.2. The van der Waals surface area contributed by atoms with Crippen molar-refractivity contribution in [2.75, 3.05) is 23.9 Å². The maximum Gasteiger partial charge on any atom is 0.307 e. The third kappa shape index (κ3) is 6.53. The third-order valence-corrected chi connectivity index (χ3v) is 8.75. The third-order valence-electron chi connectivity index (χ3n) is 5.27. The highest BCUT2D eigenvalue weighted by atomic mass is 32.2. The molecule has 1 heterocycles. The molecule has 30 heavy (non-hydrogen) atoms. The molecule has 0 radical (unpaired) electrons. The van der Waals surface area contributed by atoms with Crippen molar-refractivity contribution in [2.24, 2.45) is 0 Å². The summed E-state index contributed by atoms with van der Waals surface area (Å²) in [5.74, 6) is -1.73. The summed E-state index contributed by atoms with van der Waals surface area (Å²) in [6.45, 7) is 5.01. The number of hydrogen-bond acceptors (Lipinski definition) is 7. The minimum absolute atomic E-state index is 0.0362. The van der Waals surface area contributed by atoms with Crippen LogP contribution in [0.4, 0.5) is 0 Å². The van der Waals surface area contributed by atoms with Gasteiger partial charge in [0.25, 0.3) is 5.91 Å². The van der Waals surface area contributed by atoms with Gasteiger partial charge in [0.05, 0.1) is 28.6 Å². The van der Waals surface area contributed by atoms with Crippen molar-refractivity contribution in [3.63, 3.8) is 0 Å². The molecule has 8 nitrogen and oxygen atoms in total. The highest BCUT2D eigenvalue weighted by Crippen LogP contribution is 2.21. The lowest BCUT2D eigenvalue weighted by Gasteiger charge is -2.33. The summed E-state index contributed by atoms with van der Waals surface area (Å²) in [7, 11) is -6.80. The lowest BCUT2D eigenvalue weighted by molar-refractivity contribution is -0.153. The highest BCUT2D eigenvalue weighted by Gasteiger charge is 2.36. The molecule has 0 N–H and O–H groups in total. The van der Waals surface area contributed by atoms with Crippen LogP contribution in [0.15, 0.2) is 29.2 Å². The topological polar surface area (TPSA) is 115 Å². The molecule has 1 amide bonds. The van der Waals surface area contributed by atoms with Crippen LogP contribution in [0.2, 0.25) is 0 Å². The fourth-order valence-electron chi connectivity index (χ4n) is 3.37. The van der Waals surface area contributed by atoms with E-state index in [1.54, 1.807) is 12.1 Å². The van der Waals surface area contributed by atoms with Gasteiger partial charge in [-0.1, -0.05) is 24.6 Å². The first kappa shape index (κ1) is 24.3. The average Bonchev–Trinajstić information content (AvgIpc) is 3.04. The van der Waals surface area contributed by atoms with E-state index in [-0.39, 0.29) is 28.9 Å². The smallest absolute Gasteiger partial charge is 0.307 e. The summed E-state index contributed by atoms with van der Waals surface area (Å²) in [6, 6.07) is 5.69. The molecule has 1 fully saturated rings. The number of carbonyl (C=O) groups is 2. The van der Waals surface area contributed by atoms with Crippen molar-refractivity contribution in [2.45, 2.75) is 57.0 Å². The molecule has 0 aliphatic carbocycles. The van der Waals surface area contributed by atoms with E-state index in [1.807, 2.05) is 20.8 Å². The minimum atomic E-state index is -3.63. The Hall–Kier alpha value is -1.94. The Morgan fingerprint density at radius 1 is 1.23 bits per heavy atom. The molecular weight excluding hydrogens is 430 g/mol. The summed E-state index contributed by atoms with van der Waals surface area (Å²) < 4.78 is 53.2. The van der Waals surface area contributed by atoms with Gasteiger partial charge >= 0.3 is 5.97 Å². The van der Waals surface area contributed by atoms with E-state index < -0.39 is 50.0 Å². The van der Waals surface area contributed by atoms with Gasteiger partial charge in [0, 0.05) is 12.1 Å². The Kier molecular flexibility index (Phi) is 8.04. The number of hydrogen-bond donors (Lipinski definition) is 0. The number of esters is 1. The van der Waals surface area contributed by atoms with E-state index in [1.165, 1.54) is 17.0 Å². The molecule has 0 aromatic heterocycles. The van der Waals surface area contributed by atoms with Gasteiger partial charge in [-0.3, -0.25) is 9.59 Å². The molecule has 2 atom stereocenters. The molecular formula is C20H29NO7S2. The SMILES string of the molecule is CC[C@H](C)N(C(=O)COC(=O)CCS(=O)(=O)c1ccc(C)cc1)[C@H]1CCS(=O)(=O)C1. The maximum atomic E-state index is 12.6. The standard InChI is InChI=1S/C20H29NO7S2/c1-4-16(3)21(17-9-11-29(24,25)14-17)19(22)13-28-20(23)10-12-30(26,27)18-7-5-15(2)6-8-18/h5-8,16-17H,4,9-14H2,1-3H3/t16-,17-/m0/s1. The van der Waals surface area contributed by atoms with Gasteiger partial charge in [-0.15, -0.1) is 0 Å². The first-order valence-electron chi connectivity index (χ1n) is 9.92. The fourth-order valence-corrected chi connectivity index (χ4v) is 6.30. The van der Waals surface area contributed by atoms with Gasteiger partial charge in [0.1, 0.15) is 0 Å². The Bertz CT molecular complexity index is 969. The van der Waals surface area contributed by atoms with Crippen molar-refractivity contribution >= 4 is 31.6 Å². The predicted molar refractivity (Wildman–Crippen MR) is 112 cm³/mol. The van der Waals surface area contributed by atoms with Gasteiger partial charge in [-0.25, -0.2) is 16.8 Å². The van der Waals surface area contributed by atoms with E-state index in [2.05, 4.69) is 0 Å². The molecule has 2 rings (SSSR count). The average molecular weight is 460 g/mol. The lowest BCUT2D eigenvalue weighted by atomic mass is 10.1. The molecule has 1 saturated heterocycles. The number of benzene rings is 1. The molecule has 0 spiro atoms. The second-order valence-corrected chi connectivity index (χ2v) is 12.0. The molecule has 168 valence electrons. The first-order valence-corrected chi connectivity index (χ1v) is 13.4. The van der Waals surface area contributed by atoms with E-state index in [9.17, 15) is 26.4 Å². The maximum absolute atomic E-state index is 12.6. The Morgan fingerprint density at radius 3 is 2.40 bits per heavy atom. The summed E-state index contributed by atoms with van der Waals surface area (Å²) in [5, 5.41) is 0. The fraction of sp³-hybridized carbons (Fsp3) is 0.600. The molecule has 1 aromatic carbocycles. The van der Waals surface area contributed by atoms with Gasteiger partial charge in [-0.2, -0.15) is 0 Å². The summed E-state index contributed by atoms with van der Waals surface area (Å²) in [6.07, 6.45) is 0.622. The number of rotatable bonds is 9. The molecule has 0 unspecified atom stereocenters. The zero-order valence-electron chi connectivity index (χ0n) is 17.5. The molecule has 0 saturated carbocycles. The van der Waals surface area contributed by atoms with Crippen molar-refractivity contribution in [3.8, 4) is 0 Å². The van der Waals surface area contributed by atoms with Gasteiger partial charge in [0.15, 0.2) is 26.3 Å². The van der Waals surface area contributed by atoms with E-state index in [4.69, 9.17) is 4.74 Å². The van der Waals surface area contributed by atoms with Crippen molar-refractivity contribution in [3.05, 3.63) is 29.8 Å². The lowest BCUT2D eigenvalue weighted by Crippen LogP contribution is -2.48. The quantitative estimate of drug-likeness (QED) is 0.514. The van der Waals surface area contributed by atoms with Crippen LogP contribution in [-0.2, 0) is 34.0 Å². The molecule has 1 aliphatic rings. The van der Waals surface area contributed by atoms with Crippen molar-refractivity contribution < 1.29 is 31.2 Å². The predicted octanol–water partition coefficient (Wildman–Crippen LogP) is 1.52. The van der Waals surface area contributed by atoms with Crippen LogP contribution in [-0.4, -0.2) is 69.6 Å². The highest BCUT2D eigenvalue weighted by molar-refractivity contribution is 7.91. The van der Waals surface area contributed by atoms with E-state index >= 15 is 0 Å². The van der Waals surface area contributed by atoms with Crippen LogP contribution in [0.1, 0.15) is 38.7 Å². The monoisotopic (exact) mass is 459 g/mol. The van der Waals surface area contributed by atoms with Gasteiger partial charge in [0.2, 0.25) is 0 Å². The molecule has 0 bridgehead atoms. The number of amides is 1. The summed E-state index contributed by atoms with van der Waals surface area (Å²) in [4.78, 5) is 26.3. The normalized spacial score (nSPS) is 19.2. The van der Waals surface area contributed by atoms with Crippen LogP contribution < -0.4 is 0 Å². The second kappa shape index (κ2) is 9.91. The number of sulfone groups is 2. The second-order valence-electron chi connectivity index (χ2n) is 7.66. The largest absolute Gasteiger partial charge is 0.456 e. The molecule has 1 aliphatic heterocycles. The minimum Gasteiger partial charge on any atom is -0.456 e. The van der Waals surface area contributed by atoms with E-state index in [0.29, 0.717) is 12.8 Å². The number of nitrogens with zero attached hydrogens (tertiary/aromatic N) is 1. The van der Waals surface area contributed by atoms with Crippen LogP contribution in [0, 0.1) is 6.92 Å². The van der Waals surface area contributed by atoms with Crippen molar-refractivity contribution in [1.82, 2.24) is 4.90 Å². The van der Waals surface area contributed by atoms with Gasteiger partial charge < -0.3 is 9.64 Å². The molecule has 10 heteroatoms. The van der Waals surface area contributed by atoms with Crippen LogP contribution in [0.25, 0.3) is 0 Å². The van der Waals surface area contributed by atoms with Gasteiger partial charge in [-0.05, 0) is 38.8 Å². The summed E-state index contributed by atoms with van der Waals surface area (Å²) >= 11 is 0. The van der Waals surface area contributed by atoms with Crippen LogP contribution in [0.5, 0.6) is 0 Å². The molecule has 1 aromatic rings. The number of aryl methyl sites for hydroxylation is 1. The zero-order chi connectivity index (χ0) is 22.5. The Labute approximate surface area is 178 Å². The van der Waals surface area contributed by atoms with Crippen molar-refractivity contribution in [1.29, 1.82) is 0 Å². The Balaban J connectivity index is 1.92. The summed E-state index contributed by atoms with van der Waals surface area (Å²) in [5.41, 5.74) is 0.924. The van der Waals surface area contributed by atoms with Crippen LogP contribution >= 0.6 is 0 Å². The first-order chi connectivity index (χ1) is 13.9. The van der Waals surface area contributed by atoms with E-state index in [0.717, 1.165) is 5.56 Å². The number of ether oxygens (including phenoxy) is 1. The number of carbonyl (C=O) groups excluding carboxylic acids is 2. The van der Waals surface area contributed by atoms with Crippen LogP contribution in [0.3, 0.4) is 0 Å².